The van der Waals surface area contributed by atoms with E-state index in [4.69, 9.17) is 0 Å². The predicted molar refractivity (Wildman–Crippen MR) is 160 cm³/mol. The molecule has 1 aromatic heterocycles. The van der Waals surface area contributed by atoms with Gasteiger partial charge in [-0.05, 0) is 48.1 Å². The fraction of sp³-hybridized carbons (Fsp3) is 0.312. The third-order valence-electron chi connectivity index (χ3n) is 6.65. The number of rotatable bonds is 16. The maximum Gasteiger partial charge on any atom is 0.491 e. The minimum atomic E-state index is -5.41. The van der Waals surface area contributed by atoms with Crippen molar-refractivity contribution in [1.29, 1.82) is 0 Å². The molecule has 1 heterocycles. The van der Waals surface area contributed by atoms with Crippen molar-refractivity contribution in [2.24, 2.45) is 0 Å². The van der Waals surface area contributed by atoms with E-state index in [1.807, 2.05) is 36.4 Å². The SMILES string of the molecule is O=C(O)CC[C@@H](NC(=O)CCCCNc1ccccn1)C(=O)NC(CC(=O)OC(=O)C(F)(F)F)c1ccc(-c2ccccc2)cc1. The maximum absolute atomic E-state index is 13.3. The number of hydrogen-bond donors (Lipinski definition) is 4. The van der Waals surface area contributed by atoms with Crippen LogP contribution >= 0.6 is 0 Å². The van der Waals surface area contributed by atoms with Crippen molar-refractivity contribution in [3.8, 4) is 11.1 Å². The van der Waals surface area contributed by atoms with E-state index in [9.17, 15) is 42.3 Å². The molecule has 0 saturated carbocycles. The van der Waals surface area contributed by atoms with Gasteiger partial charge in [-0.3, -0.25) is 19.2 Å². The molecular weight excluding hydrogens is 609 g/mol. The Kier molecular flexibility index (Phi) is 13.2. The number of aliphatic carboxylic acids is 1. The number of anilines is 1. The van der Waals surface area contributed by atoms with Crippen LogP contribution in [-0.4, -0.2) is 58.6 Å². The molecule has 2 atom stereocenters. The second-order valence-electron chi connectivity index (χ2n) is 10.2. The third-order valence-corrected chi connectivity index (χ3v) is 6.65. The molecule has 1 unspecified atom stereocenters. The van der Waals surface area contributed by atoms with E-state index < -0.39 is 60.8 Å². The molecule has 3 aromatic rings. The Bertz CT molecular complexity index is 1470. The molecule has 3 rings (SSSR count). The predicted octanol–water partition coefficient (Wildman–Crippen LogP) is 4.56. The third kappa shape index (κ3) is 12.0. The van der Waals surface area contributed by atoms with Crippen LogP contribution in [0.3, 0.4) is 0 Å². The van der Waals surface area contributed by atoms with Crippen LogP contribution in [0.5, 0.6) is 0 Å². The number of nitrogens with one attached hydrogen (secondary N) is 3. The summed E-state index contributed by atoms with van der Waals surface area (Å²) in [5.41, 5.74) is 1.91. The first kappa shape index (κ1) is 35.2. The first-order chi connectivity index (χ1) is 21.9. The van der Waals surface area contributed by atoms with Crippen molar-refractivity contribution in [2.45, 2.75) is 56.8 Å². The van der Waals surface area contributed by atoms with Crippen LogP contribution < -0.4 is 16.0 Å². The highest BCUT2D eigenvalue weighted by molar-refractivity contribution is 5.90. The van der Waals surface area contributed by atoms with Crippen LogP contribution in [-0.2, 0) is 28.7 Å². The highest BCUT2D eigenvalue weighted by atomic mass is 19.4. The van der Waals surface area contributed by atoms with E-state index in [1.165, 1.54) is 12.1 Å². The van der Waals surface area contributed by atoms with Gasteiger partial charge in [0.1, 0.15) is 11.9 Å². The molecule has 2 aromatic carbocycles. The van der Waals surface area contributed by atoms with Gasteiger partial charge in [-0.2, -0.15) is 13.2 Å². The quantitative estimate of drug-likeness (QED) is 0.0996. The summed E-state index contributed by atoms with van der Waals surface area (Å²) in [6.45, 7) is 0.533. The lowest BCUT2D eigenvalue weighted by molar-refractivity contribution is -0.202. The molecule has 0 saturated heterocycles. The first-order valence-electron chi connectivity index (χ1n) is 14.4. The van der Waals surface area contributed by atoms with Crippen LogP contribution in [0.4, 0.5) is 19.0 Å². The molecule has 4 N–H and O–H groups in total. The number of ether oxygens (including phenoxy) is 1. The number of halogens is 3. The number of esters is 2. The summed E-state index contributed by atoms with van der Waals surface area (Å²) in [6, 6.07) is 18.3. The number of carboxylic acid groups (broad SMARTS) is 1. The van der Waals surface area contributed by atoms with Crippen molar-refractivity contribution in [3.05, 3.63) is 84.6 Å². The molecule has 0 spiro atoms. The van der Waals surface area contributed by atoms with Crippen LogP contribution in [0.15, 0.2) is 79.0 Å². The summed E-state index contributed by atoms with van der Waals surface area (Å²) in [5, 5.41) is 17.3. The zero-order valence-corrected chi connectivity index (χ0v) is 24.6. The molecule has 0 fully saturated rings. The lowest BCUT2D eigenvalue weighted by Crippen LogP contribution is -2.48. The van der Waals surface area contributed by atoms with Crippen molar-refractivity contribution >= 4 is 35.5 Å². The van der Waals surface area contributed by atoms with Gasteiger partial charge >= 0.3 is 24.1 Å². The van der Waals surface area contributed by atoms with Crippen LogP contribution in [0, 0.1) is 0 Å². The Morgan fingerprint density at radius 2 is 1.50 bits per heavy atom. The van der Waals surface area contributed by atoms with Gasteiger partial charge in [0.2, 0.25) is 11.8 Å². The number of aromatic nitrogens is 1. The minimum absolute atomic E-state index is 0.0248. The van der Waals surface area contributed by atoms with Crippen molar-refractivity contribution in [2.75, 3.05) is 11.9 Å². The number of amides is 2. The molecule has 0 aliphatic rings. The first-order valence-corrected chi connectivity index (χ1v) is 14.4. The van der Waals surface area contributed by atoms with Crippen LogP contribution in [0.25, 0.3) is 11.1 Å². The van der Waals surface area contributed by atoms with Crippen molar-refractivity contribution in [1.82, 2.24) is 15.6 Å². The maximum atomic E-state index is 13.3. The van der Waals surface area contributed by atoms with Crippen LogP contribution in [0.1, 0.15) is 50.1 Å². The Balaban J connectivity index is 1.70. The highest BCUT2D eigenvalue weighted by Crippen LogP contribution is 2.25. The van der Waals surface area contributed by atoms with E-state index in [1.54, 1.807) is 30.5 Å². The Morgan fingerprint density at radius 3 is 2.13 bits per heavy atom. The summed E-state index contributed by atoms with van der Waals surface area (Å²) in [4.78, 5) is 64.9. The normalized spacial score (nSPS) is 12.3. The largest absolute Gasteiger partial charge is 0.491 e. The van der Waals surface area contributed by atoms with E-state index in [-0.39, 0.29) is 18.4 Å². The molecule has 11 nitrogen and oxygen atoms in total. The Labute approximate surface area is 262 Å². The standard InChI is InChI=1S/C32H33F3N4O7/c33-32(34,35)31(45)46-29(43)20-25(23-14-12-22(13-15-23)21-8-2-1-3-9-21)39-30(44)24(16-17-28(41)42)38-27(40)11-5-7-19-37-26-10-4-6-18-36-26/h1-4,6,8-10,12-15,18,24-25H,5,7,11,16-17,19-20H2,(H,36,37)(H,38,40)(H,39,44)(H,41,42)/t24-,25?/m1/s1. The number of carbonyl (C=O) groups is 5. The smallest absolute Gasteiger partial charge is 0.481 e. The van der Waals surface area contributed by atoms with Gasteiger partial charge in [-0.25, -0.2) is 9.78 Å². The van der Waals surface area contributed by atoms with Gasteiger partial charge in [0.15, 0.2) is 0 Å². The number of alkyl halides is 3. The molecule has 0 bridgehead atoms. The monoisotopic (exact) mass is 642 g/mol. The number of unbranched alkanes of at least 4 members (excludes halogenated alkanes) is 1. The highest BCUT2D eigenvalue weighted by Gasteiger charge is 2.42. The number of carbonyl (C=O) groups excluding carboxylic acids is 4. The van der Waals surface area contributed by atoms with Crippen LogP contribution in [0.2, 0.25) is 0 Å². The second-order valence-corrected chi connectivity index (χ2v) is 10.2. The molecule has 46 heavy (non-hydrogen) atoms. The summed E-state index contributed by atoms with van der Waals surface area (Å²) in [6.07, 6.45) is -4.36. The lowest BCUT2D eigenvalue weighted by atomic mass is 9.98. The molecule has 14 heteroatoms. The number of nitrogens with zero attached hydrogens (tertiary/aromatic N) is 1. The molecule has 2 amide bonds. The second kappa shape index (κ2) is 17.3. The number of pyridine rings is 1. The van der Waals surface area contributed by atoms with E-state index >= 15 is 0 Å². The Morgan fingerprint density at radius 1 is 0.826 bits per heavy atom. The fourth-order valence-electron chi connectivity index (χ4n) is 4.33. The zero-order chi connectivity index (χ0) is 33.5. The van der Waals surface area contributed by atoms with Crippen molar-refractivity contribution in [3.63, 3.8) is 0 Å². The van der Waals surface area contributed by atoms with E-state index in [0.717, 1.165) is 11.1 Å². The van der Waals surface area contributed by atoms with Gasteiger partial charge in [0.25, 0.3) is 0 Å². The zero-order valence-electron chi connectivity index (χ0n) is 24.6. The number of carboxylic acids is 1. The average molecular weight is 643 g/mol. The molecule has 244 valence electrons. The van der Waals surface area contributed by atoms with Gasteiger partial charge in [-0.1, -0.05) is 60.7 Å². The van der Waals surface area contributed by atoms with Gasteiger partial charge in [0.05, 0.1) is 12.5 Å². The fourth-order valence-corrected chi connectivity index (χ4v) is 4.33. The molecule has 0 aliphatic carbocycles. The lowest BCUT2D eigenvalue weighted by Gasteiger charge is -2.23. The number of hydrogen-bond acceptors (Lipinski definition) is 8. The van der Waals surface area contributed by atoms with Crippen molar-refractivity contribution < 1.29 is 47.0 Å². The summed E-state index contributed by atoms with van der Waals surface area (Å²) < 4.78 is 42.0. The van der Waals surface area contributed by atoms with Gasteiger partial charge in [0, 0.05) is 25.6 Å². The van der Waals surface area contributed by atoms with Gasteiger partial charge in [-0.15, -0.1) is 0 Å². The van der Waals surface area contributed by atoms with E-state index in [0.29, 0.717) is 25.2 Å². The minimum Gasteiger partial charge on any atom is -0.481 e. The Hall–Kier alpha value is -5.27. The molecular formula is C32H33F3N4O7. The summed E-state index contributed by atoms with van der Waals surface area (Å²) >= 11 is 0. The number of benzene rings is 2. The summed E-state index contributed by atoms with van der Waals surface area (Å²) in [5.74, 6) is -6.21. The average Bonchev–Trinajstić information content (AvgIpc) is 3.03. The van der Waals surface area contributed by atoms with E-state index in [2.05, 4.69) is 25.7 Å². The van der Waals surface area contributed by atoms with Gasteiger partial charge < -0.3 is 25.8 Å². The molecule has 0 radical (unpaired) electrons. The summed E-state index contributed by atoms with van der Waals surface area (Å²) in [7, 11) is 0. The molecule has 0 aliphatic heterocycles. The topological polar surface area (TPSA) is 164 Å².